The van der Waals surface area contributed by atoms with Crippen LogP contribution in [0.25, 0.3) is 0 Å². The van der Waals surface area contributed by atoms with E-state index >= 15 is 0 Å². The van der Waals surface area contributed by atoms with Crippen LogP contribution in [-0.2, 0) is 0 Å². The highest BCUT2D eigenvalue weighted by Gasteiger charge is 2.18. The molecule has 3 nitrogen and oxygen atoms in total. The van der Waals surface area contributed by atoms with E-state index in [0.29, 0.717) is 0 Å². The fraction of sp³-hybridized carbons (Fsp3) is 0.500. The van der Waals surface area contributed by atoms with Crippen LogP contribution in [0.3, 0.4) is 0 Å². The second kappa shape index (κ2) is 4.35. The molecule has 1 aromatic heterocycles. The number of pyridine rings is 1. The number of nitrogens with two attached hydrogens (primary N) is 1. The predicted octanol–water partition coefficient (Wildman–Crippen LogP) is 1.03. The van der Waals surface area contributed by atoms with Crippen molar-refractivity contribution in [1.29, 1.82) is 0 Å². The maximum absolute atomic E-state index is 5.89. The van der Waals surface area contributed by atoms with Crippen LogP contribution in [0.5, 0.6) is 0 Å². The largest absolute Gasteiger partial charge is 0.326 e. The summed E-state index contributed by atoms with van der Waals surface area (Å²) in [6, 6.07) is 6.19. The van der Waals surface area contributed by atoms with E-state index in [0.717, 1.165) is 5.69 Å². The fourth-order valence-corrected chi connectivity index (χ4v) is 1.56. The Bertz CT molecular complexity index is 236. The molecule has 13 heavy (non-hydrogen) atoms. The van der Waals surface area contributed by atoms with E-state index in [2.05, 4.69) is 9.88 Å². The van der Waals surface area contributed by atoms with E-state index in [1.54, 1.807) is 6.20 Å². The Hall–Kier alpha value is -0.930. The van der Waals surface area contributed by atoms with Gasteiger partial charge in [0.1, 0.15) is 0 Å². The minimum absolute atomic E-state index is 0.0879. The molecule has 2 N–H and O–H groups in total. The lowest BCUT2D eigenvalue weighted by Crippen LogP contribution is -2.35. The molecule has 3 heteroatoms. The molecule has 0 amide bonds. The average Bonchev–Trinajstić information content (AvgIpc) is 2.04. The molecule has 1 aromatic rings. The van der Waals surface area contributed by atoms with Crippen LogP contribution in [0.2, 0.25) is 0 Å². The predicted molar refractivity (Wildman–Crippen MR) is 54.3 cm³/mol. The first kappa shape index (κ1) is 10.2. The number of hydrogen-bond acceptors (Lipinski definition) is 3. The molecular formula is C10H17N3. The maximum atomic E-state index is 5.89. The zero-order valence-electron chi connectivity index (χ0n) is 8.44. The summed E-state index contributed by atoms with van der Waals surface area (Å²) in [6.07, 6.45) is 1.80. The SMILES string of the molecule is CC(N)C(c1ccccn1)N(C)C. The first-order chi connectivity index (χ1) is 6.13. The van der Waals surface area contributed by atoms with E-state index in [1.807, 2.05) is 39.2 Å². The van der Waals surface area contributed by atoms with Crippen LogP contribution in [0.1, 0.15) is 18.7 Å². The molecule has 0 saturated carbocycles. The van der Waals surface area contributed by atoms with Gasteiger partial charge in [0.25, 0.3) is 0 Å². The van der Waals surface area contributed by atoms with Crippen molar-refractivity contribution in [2.24, 2.45) is 5.73 Å². The van der Waals surface area contributed by atoms with Crippen molar-refractivity contribution in [3.05, 3.63) is 30.1 Å². The van der Waals surface area contributed by atoms with Crippen molar-refractivity contribution in [2.75, 3.05) is 14.1 Å². The lowest BCUT2D eigenvalue weighted by molar-refractivity contribution is 0.261. The molecule has 0 bridgehead atoms. The monoisotopic (exact) mass is 179 g/mol. The summed E-state index contributed by atoms with van der Waals surface area (Å²) in [5.41, 5.74) is 6.92. The van der Waals surface area contributed by atoms with Crippen LogP contribution in [0.4, 0.5) is 0 Å². The zero-order valence-corrected chi connectivity index (χ0v) is 8.44. The molecule has 0 aliphatic rings. The summed E-state index contributed by atoms with van der Waals surface area (Å²) < 4.78 is 0. The number of likely N-dealkylation sites (N-methyl/N-ethyl adjacent to an activating group) is 1. The van der Waals surface area contributed by atoms with Gasteiger partial charge in [-0.1, -0.05) is 6.07 Å². The number of aromatic nitrogens is 1. The first-order valence-electron chi connectivity index (χ1n) is 4.46. The van der Waals surface area contributed by atoms with E-state index in [-0.39, 0.29) is 12.1 Å². The third-order valence-corrected chi connectivity index (χ3v) is 2.05. The topological polar surface area (TPSA) is 42.1 Å². The van der Waals surface area contributed by atoms with E-state index in [9.17, 15) is 0 Å². The third-order valence-electron chi connectivity index (χ3n) is 2.05. The number of rotatable bonds is 3. The third kappa shape index (κ3) is 2.50. The summed E-state index contributed by atoms with van der Waals surface area (Å²) >= 11 is 0. The van der Waals surface area contributed by atoms with Gasteiger partial charge in [0, 0.05) is 12.2 Å². The van der Waals surface area contributed by atoms with E-state index in [4.69, 9.17) is 5.73 Å². The van der Waals surface area contributed by atoms with Crippen molar-refractivity contribution in [2.45, 2.75) is 19.0 Å². The molecule has 0 aromatic carbocycles. The summed E-state index contributed by atoms with van der Waals surface area (Å²) in [6.45, 7) is 2.00. The molecule has 0 aliphatic carbocycles. The van der Waals surface area contributed by atoms with Crippen molar-refractivity contribution < 1.29 is 0 Å². The van der Waals surface area contributed by atoms with Gasteiger partial charge in [-0.05, 0) is 33.2 Å². The smallest absolute Gasteiger partial charge is 0.0666 e. The molecule has 0 aliphatic heterocycles. The van der Waals surface area contributed by atoms with Gasteiger partial charge >= 0.3 is 0 Å². The highest BCUT2D eigenvalue weighted by molar-refractivity contribution is 5.10. The van der Waals surface area contributed by atoms with Gasteiger partial charge in [0.15, 0.2) is 0 Å². The highest BCUT2D eigenvalue weighted by Crippen LogP contribution is 2.17. The van der Waals surface area contributed by atoms with Crippen LogP contribution in [0, 0.1) is 0 Å². The van der Waals surface area contributed by atoms with Crippen LogP contribution < -0.4 is 5.73 Å². The van der Waals surface area contributed by atoms with E-state index < -0.39 is 0 Å². The van der Waals surface area contributed by atoms with Crippen molar-refractivity contribution >= 4 is 0 Å². The Balaban J connectivity index is 2.89. The van der Waals surface area contributed by atoms with Crippen LogP contribution in [-0.4, -0.2) is 30.0 Å². The summed E-state index contributed by atoms with van der Waals surface area (Å²) in [5.74, 6) is 0. The molecule has 0 radical (unpaired) electrons. The second-order valence-corrected chi connectivity index (χ2v) is 3.52. The van der Waals surface area contributed by atoms with Gasteiger partial charge in [-0.3, -0.25) is 9.88 Å². The fourth-order valence-electron chi connectivity index (χ4n) is 1.56. The standard InChI is InChI=1S/C10H17N3/c1-8(11)10(13(2)3)9-6-4-5-7-12-9/h4-8,10H,11H2,1-3H3. The lowest BCUT2D eigenvalue weighted by Gasteiger charge is -2.26. The molecule has 0 fully saturated rings. The molecule has 0 saturated heterocycles. The lowest BCUT2D eigenvalue weighted by atomic mass is 10.1. The van der Waals surface area contributed by atoms with Gasteiger partial charge in [0.05, 0.1) is 11.7 Å². The summed E-state index contributed by atoms with van der Waals surface area (Å²) in [5, 5.41) is 0. The summed E-state index contributed by atoms with van der Waals surface area (Å²) in [7, 11) is 4.03. The van der Waals surface area contributed by atoms with Crippen molar-refractivity contribution in [3.63, 3.8) is 0 Å². The number of hydrogen-bond donors (Lipinski definition) is 1. The molecule has 1 heterocycles. The van der Waals surface area contributed by atoms with Gasteiger partial charge < -0.3 is 5.73 Å². The normalized spacial score (nSPS) is 15.8. The molecule has 72 valence electrons. The Morgan fingerprint density at radius 2 is 2.08 bits per heavy atom. The van der Waals surface area contributed by atoms with E-state index in [1.165, 1.54) is 0 Å². The second-order valence-electron chi connectivity index (χ2n) is 3.52. The molecule has 1 rings (SSSR count). The number of nitrogens with zero attached hydrogens (tertiary/aromatic N) is 2. The van der Waals surface area contributed by atoms with Gasteiger partial charge in [-0.2, -0.15) is 0 Å². The van der Waals surface area contributed by atoms with Crippen molar-refractivity contribution in [1.82, 2.24) is 9.88 Å². The zero-order chi connectivity index (χ0) is 9.84. The van der Waals surface area contributed by atoms with Crippen LogP contribution >= 0.6 is 0 Å². The summed E-state index contributed by atoms with van der Waals surface area (Å²) in [4.78, 5) is 6.39. The Morgan fingerprint density at radius 1 is 1.38 bits per heavy atom. The molecule has 2 atom stereocenters. The minimum Gasteiger partial charge on any atom is -0.326 e. The maximum Gasteiger partial charge on any atom is 0.0666 e. The van der Waals surface area contributed by atoms with Gasteiger partial charge in [0.2, 0.25) is 0 Å². The Morgan fingerprint density at radius 3 is 2.46 bits per heavy atom. The average molecular weight is 179 g/mol. The van der Waals surface area contributed by atoms with Crippen molar-refractivity contribution in [3.8, 4) is 0 Å². The minimum atomic E-state index is 0.0879. The molecule has 2 unspecified atom stereocenters. The molecular weight excluding hydrogens is 162 g/mol. The van der Waals surface area contributed by atoms with Gasteiger partial charge in [-0.25, -0.2) is 0 Å². The molecule has 0 spiro atoms. The Labute approximate surface area is 79.6 Å². The quantitative estimate of drug-likeness (QED) is 0.753. The Kier molecular flexibility index (Phi) is 3.39. The van der Waals surface area contributed by atoms with Crippen LogP contribution in [0.15, 0.2) is 24.4 Å². The first-order valence-corrected chi connectivity index (χ1v) is 4.46. The highest BCUT2D eigenvalue weighted by atomic mass is 15.1. The van der Waals surface area contributed by atoms with Gasteiger partial charge in [-0.15, -0.1) is 0 Å².